The summed E-state index contributed by atoms with van der Waals surface area (Å²) >= 11 is 5.53. The Balaban J connectivity index is 1.94. The van der Waals surface area contributed by atoms with Crippen LogP contribution in [0.1, 0.15) is 0 Å². The first-order valence-electron chi connectivity index (χ1n) is 6.39. The standard InChI is InChI=1S/C15H13ClN4O/c1-20-15(11-5-7-12(8-6-11)21-10-16)18-14(19-20)13-4-2-3-9-17-13/h2-9H,10H2,1H3. The number of aryl methyl sites for hydroxylation is 1. The lowest BCUT2D eigenvalue weighted by atomic mass is 10.2. The second-order valence-corrected chi connectivity index (χ2v) is 4.59. The third-order valence-electron chi connectivity index (χ3n) is 2.99. The molecule has 106 valence electrons. The van der Waals surface area contributed by atoms with E-state index < -0.39 is 0 Å². The molecule has 5 nitrogen and oxygen atoms in total. The van der Waals surface area contributed by atoms with Crippen molar-refractivity contribution in [1.82, 2.24) is 19.7 Å². The molecule has 3 aromatic rings. The summed E-state index contributed by atoms with van der Waals surface area (Å²) in [6.07, 6.45) is 1.73. The van der Waals surface area contributed by atoms with Crippen LogP contribution in [0.3, 0.4) is 0 Å². The lowest BCUT2D eigenvalue weighted by Crippen LogP contribution is -1.95. The first-order valence-corrected chi connectivity index (χ1v) is 6.93. The molecule has 0 atom stereocenters. The molecular weight excluding hydrogens is 288 g/mol. The zero-order valence-corrected chi connectivity index (χ0v) is 12.2. The third-order valence-corrected chi connectivity index (χ3v) is 3.10. The van der Waals surface area contributed by atoms with Gasteiger partial charge in [-0.3, -0.25) is 4.98 Å². The Hall–Kier alpha value is -2.40. The number of hydrogen-bond acceptors (Lipinski definition) is 4. The average Bonchev–Trinajstić information content (AvgIpc) is 2.91. The molecule has 0 bridgehead atoms. The van der Waals surface area contributed by atoms with Gasteiger partial charge in [0.05, 0.1) is 0 Å². The first kappa shape index (κ1) is 13.6. The molecule has 6 heteroatoms. The highest BCUT2D eigenvalue weighted by molar-refractivity contribution is 6.17. The van der Waals surface area contributed by atoms with Crippen molar-refractivity contribution >= 4 is 11.6 Å². The highest BCUT2D eigenvalue weighted by Crippen LogP contribution is 2.23. The van der Waals surface area contributed by atoms with Gasteiger partial charge in [-0.1, -0.05) is 17.7 Å². The van der Waals surface area contributed by atoms with E-state index in [1.807, 2.05) is 49.5 Å². The van der Waals surface area contributed by atoms with Crippen LogP contribution in [0.25, 0.3) is 22.9 Å². The van der Waals surface area contributed by atoms with E-state index in [0.717, 1.165) is 22.8 Å². The third kappa shape index (κ3) is 2.87. The largest absolute Gasteiger partial charge is 0.478 e. The van der Waals surface area contributed by atoms with E-state index in [4.69, 9.17) is 16.3 Å². The van der Waals surface area contributed by atoms with Crippen LogP contribution in [0, 0.1) is 0 Å². The maximum Gasteiger partial charge on any atom is 0.200 e. The molecule has 0 aliphatic carbocycles. The monoisotopic (exact) mass is 300 g/mol. The van der Waals surface area contributed by atoms with Gasteiger partial charge in [0.2, 0.25) is 0 Å². The number of halogens is 1. The van der Waals surface area contributed by atoms with Crippen molar-refractivity contribution in [3.8, 4) is 28.7 Å². The molecule has 0 saturated heterocycles. The summed E-state index contributed by atoms with van der Waals surface area (Å²) < 4.78 is 6.95. The summed E-state index contributed by atoms with van der Waals surface area (Å²) in [5, 5.41) is 4.41. The van der Waals surface area contributed by atoms with Gasteiger partial charge in [0.15, 0.2) is 17.7 Å². The fourth-order valence-electron chi connectivity index (χ4n) is 2.00. The minimum atomic E-state index is 0.132. The van der Waals surface area contributed by atoms with Crippen LogP contribution in [0.5, 0.6) is 5.75 Å². The predicted molar refractivity (Wildman–Crippen MR) is 81.0 cm³/mol. The van der Waals surface area contributed by atoms with E-state index in [1.54, 1.807) is 10.9 Å². The lowest BCUT2D eigenvalue weighted by molar-refractivity contribution is 0.388. The Kier molecular flexibility index (Phi) is 3.83. The molecule has 0 aliphatic heterocycles. The maximum atomic E-state index is 5.53. The van der Waals surface area contributed by atoms with E-state index in [1.165, 1.54) is 0 Å². The fraction of sp³-hybridized carbons (Fsp3) is 0.133. The summed E-state index contributed by atoms with van der Waals surface area (Å²) in [5.74, 6) is 2.10. The van der Waals surface area contributed by atoms with Crippen LogP contribution < -0.4 is 4.74 Å². The topological polar surface area (TPSA) is 52.8 Å². The Morgan fingerprint density at radius 3 is 2.62 bits per heavy atom. The van der Waals surface area contributed by atoms with Crippen molar-refractivity contribution < 1.29 is 4.74 Å². The molecule has 3 rings (SSSR count). The van der Waals surface area contributed by atoms with Crippen molar-refractivity contribution in [3.63, 3.8) is 0 Å². The van der Waals surface area contributed by atoms with Gasteiger partial charge >= 0.3 is 0 Å². The summed E-state index contributed by atoms with van der Waals surface area (Å²) in [6, 6.07) is 13.4. The van der Waals surface area contributed by atoms with Gasteiger partial charge in [-0.25, -0.2) is 9.67 Å². The van der Waals surface area contributed by atoms with E-state index in [0.29, 0.717) is 5.82 Å². The van der Waals surface area contributed by atoms with Gasteiger partial charge in [-0.15, -0.1) is 5.10 Å². The summed E-state index contributed by atoms with van der Waals surface area (Å²) in [7, 11) is 1.86. The summed E-state index contributed by atoms with van der Waals surface area (Å²) in [6.45, 7) is 0. The van der Waals surface area contributed by atoms with E-state index in [2.05, 4.69) is 15.1 Å². The van der Waals surface area contributed by atoms with Gasteiger partial charge in [0.1, 0.15) is 11.4 Å². The zero-order chi connectivity index (χ0) is 14.7. The van der Waals surface area contributed by atoms with Crippen LogP contribution in [0.2, 0.25) is 0 Å². The Labute approximate surface area is 127 Å². The minimum absolute atomic E-state index is 0.132. The Morgan fingerprint density at radius 2 is 1.95 bits per heavy atom. The molecule has 1 aromatic carbocycles. The summed E-state index contributed by atoms with van der Waals surface area (Å²) in [5.41, 5.74) is 1.70. The van der Waals surface area contributed by atoms with Crippen LogP contribution in [0.4, 0.5) is 0 Å². The molecule has 2 heterocycles. The SMILES string of the molecule is Cn1nc(-c2ccccn2)nc1-c1ccc(OCCl)cc1. The molecule has 21 heavy (non-hydrogen) atoms. The highest BCUT2D eigenvalue weighted by Gasteiger charge is 2.11. The number of pyridine rings is 1. The Bertz CT molecular complexity index is 725. The zero-order valence-electron chi connectivity index (χ0n) is 11.4. The van der Waals surface area contributed by atoms with Crippen LogP contribution in [-0.4, -0.2) is 25.8 Å². The number of ether oxygens (including phenoxy) is 1. The highest BCUT2D eigenvalue weighted by atomic mass is 35.5. The summed E-state index contributed by atoms with van der Waals surface area (Å²) in [4.78, 5) is 8.81. The molecule has 0 unspecified atom stereocenters. The molecule has 0 radical (unpaired) electrons. The lowest BCUT2D eigenvalue weighted by Gasteiger charge is -2.03. The van der Waals surface area contributed by atoms with Crippen LogP contribution in [0.15, 0.2) is 48.7 Å². The molecule has 0 fully saturated rings. The van der Waals surface area contributed by atoms with Crippen LogP contribution >= 0.6 is 11.6 Å². The number of rotatable bonds is 4. The molecular formula is C15H13ClN4O. The number of aromatic nitrogens is 4. The van der Waals surface area contributed by atoms with Gasteiger partial charge in [0.25, 0.3) is 0 Å². The normalized spacial score (nSPS) is 10.6. The van der Waals surface area contributed by atoms with Gasteiger partial charge in [0, 0.05) is 18.8 Å². The van der Waals surface area contributed by atoms with Gasteiger partial charge in [-0.05, 0) is 36.4 Å². The van der Waals surface area contributed by atoms with Crippen molar-refractivity contribution in [2.45, 2.75) is 0 Å². The van der Waals surface area contributed by atoms with Gasteiger partial charge < -0.3 is 4.74 Å². The van der Waals surface area contributed by atoms with Crippen molar-refractivity contribution in [2.24, 2.45) is 7.05 Å². The molecule has 0 N–H and O–H groups in total. The minimum Gasteiger partial charge on any atom is -0.478 e. The van der Waals surface area contributed by atoms with Crippen LogP contribution in [-0.2, 0) is 7.05 Å². The first-order chi connectivity index (χ1) is 10.3. The maximum absolute atomic E-state index is 5.53. The molecule has 0 aliphatic rings. The molecule has 2 aromatic heterocycles. The van der Waals surface area contributed by atoms with Crippen molar-refractivity contribution in [3.05, 3.63) is 48.7 Å². The molecule has 0 spiro atoms. The fourth-order valence-corrected chi connectivity index (χ4v) is 2.13. The van der Waals surface area contributed by atoms with Crippen molar-refractivity contribution in [2.75, 3.05) is 6.07 Å². The van der Waals surface area contributed by atoms with E-state index >= 15 is 0 Å². The Morgan fingerprint density at radius 1 is 1.14 bits per heavy atom. The predicted octanol–water partition coefficient (Wildman–Crippen LogP) is 3.12. The smallest absolute Gasteiger partial charge is 0.200 e. The van der Waals surface area contributed by atoms with E-state index in [-0.39, 0.29) is 6.07 Å². The number of nitrogens with zero attached hydrogens (tertiary/aromatic N) is 4. The number of alkyl halides is 1. The molecule has 0 amide bonds. The second kappa shape index (κ2) is 5.93. The van der Waals surface area contributed by atoms with E-state index in [9.17, 15) is 0 Å². The van der Waals surface area contributed by atoms with Gasteiger partial charge in [-0.2, -0.15) is 0 Å². The quantitative estimate of drug-likeness (QED) is 0.695. The average molecular weight is 301 g/mol. The second-order valence-electron chi connectivity index (χ2n) is 4.38. The molecule has 0 saturated carbocycles. The number of hydrogen-bond donors (Lipinski definition) is 0. The number of benzene rings is 1. The van der Waals surface area contributed by atoms with Crippen molar-refractivity contribution in [1.29, 1.82) is 0 Å².